The standard InChI is InChI=1S/C14H12BrClN4S/c1-20-8-18-19-14(20)9-2-4-10(5-3-9)17-7-11-6-12(15)13(16)21-11/h2-6,8,17H,7H2,1H3. The SMILES string of the molecule is Cn1cnnc1-c1ccc(NCc2cc(Br)c(Cl)s2)cc1. The summed E-state index contributed by atoms with van der Waals surface area (Å²) in [5.74, 6) is 0.857. The topological polar surface area (TPSA) is 42.7 Å². The molecule has 0 radical (unpaired) electrons. The molecule has 108 valence electrons. The van der Waals surface area contributed by atoms with Crippen LogP contribution < -0.4 is 5.32 Å². The molecular weight excluding hydrogens is 372 g/mol. The molecule has 0 saturated heterocycles. The van der Waals surface area contributed by atoms with Gasteiger partial charge in [0.15, 0.2) is 5.82 Å². The molecule has 0 aliphatic heterocycles. The summed E-state index contributed by atoms with van der Waals surface area (Å²) in [7, 11) is 1.93. The maximum Gasteiger partial charge on any atom is 0.163 e. The Morgan fingerprint density at radius 1 is 1.33 bits per heavy atom. The summed E-state index contributed by atoms with van der Waals surface area (Å²) in [4.78, 5) is 1.18. The van der Waals surface area contributed by atoms with E-state index in [1.54, 1.807) is 17.7 Å². The van der Waals surface area contributed by atoms with Gasteiger partial charge in [-0.1, -0.05) is 11.6 Å². The van der Waals surface area contributed by atoms with Crippen molar-refractivity contribution in [1.82, 2.24) is 14.8 Å². The number of aryl methyl sites for hydroxylation is 1. The Labute approximate surface area is 139 Å². The Morgan fingerprint density at radius 3 is 2.67 bits per heavy atom. The number of hydrogen-bond acceptors (Lipinski definition) is 4. The number of nitrogens with one attached hydrogen (secondary N) is 1. The van der Waals surface area contributed by atoms with Crippen molar-refractivity contribution in [3.05, 3.63) is 50.3 Å². The number of aromatic nitrogens is 3. The zero-order valence-corrected chi connectivity index (χ0v) is 14.3. The molecule has 0 spiro atoms. The molecule has 0 saturated carbocycles. The van der Waals surface area contributed by atoms with Gasteiger partial charge in [0.2, 0.25) is 0 Å². The molecule has 0 amide bonds. The van der Waals surface area contributed by atoms with Crippen LogP contribution in [0.4, 0.5) is 5.69 Å². The van der Waals surface area contributed by atoms with Crippen LogP contribution in [-0.2, 0) is 13.6 Å². The first-order valence-corrected chi connectivity index (χ1v) is 8.24. The monoisotopic (exact) mass is 382 g/mol. The average Bonchev–Trinajstić information content (AvgIpc) is 3.04. The van der Waals surface area contributed by atoms with Gasteiger partial charge in [-0.15, -0.1) is 21.5 Å². The van der Waals surface area contributed by atoms with Crippen LogP contribution in [0.5, 0.6) is 0 Å². The third kappa shape index (κ3) is 3.28. The lowest BCUT2D eigenvalue weighted by atomic mass is 10.2. The minimum absolute atomic E-state index is 0.749. The zero-order valence-electron chi connectivity index (χ0n) is 11.2. The fourth-order valence-electron chi connectivity index (χ4n) is 1.95. The number of hydrogen-bond donors (Lipinski definition) is 1. The van der Waals surface area contributed by atoms with E-state index in [9.17, 15) is 0 Å². The Kier molecular flexibility index (Phi) is 4.28. The van der Waals surface area contributed by atoms with Gasteiger partial charge in [0.05, 0.1) is 0 Å². The Balaban J connectivity index is 1.69. The van der Waals surface area contributed by atoms with Gasteiger partial charge in [-0.05, 0) is 46.3 Å². The molecule has 1 aromatic carbocycles. The molecule has 0 fully saturated rings. The highest BCUT2D eigenvalue weighted by molar-refractivity contribution is 9.10. The van der Waals surface area contributed by atoms with E-state index < -0.39 is 0 Å². The van der Waals surface area contributed by atoms with E-state index in [1.807, 2.05) is 41.9 Å². The summed E-state index contributed by atoms with van der Waals surface area (Å²) in [5, 5.41) is 11.4. The van der Waals surface area contributed by atoms with Crippen LogP contribution in [0.25, 0.3) is 11.4 Å². The highest BCUT2D eigenvalue weighted by atomic mass is 79.9. The van der Waals surface area contributed by atoms with E-state index in [0.717, 1.165) is 32.4 Å². The van der Waals surface area contributed by atoms with Crippen LogP contribution >= 0.6 is 38.9 Å². The maximum atomic E-state index is 6.03. The van der Waals surface area contributed by atoms with E-state index in [2.05, 4.69) is 31.4 Å². The summed E-state index contributed by atoms with van der Waals surface area (Å²) in [6.45, 7) is 0.749. The lowest BCUT2D eigenvalue weighted by Crippen LogP contribution is -1.97. The summed E-state index contributed by atoms with van der Waals surface area (Å²) in [6, 6.07) is 10.2. The molecule has 0 atom stereocenters. The molecule has 2 heterocycles. The van der Waals surface area contributed by atoms with Crippen molar-refractivity contribution >= 4 is 44.6 Å². The fourth-order valence-corrected chi connectivity index (χ4v) is 3.68. The molecule has 0 aliphatic carbocycles. The second-order valence-corrected chi connectivity index (χ2v) is 7.12. The van der Waals surface area contributed by atoms with Crippen molar-refractivity contribution in [3.8, 4) is 11.4 Å². The number of thiophene rings is 1. The third-order valence-electron chi connectivity index (χ3n) is 3.02. The van der Waals surface area contributed by atoms with Gasteiger partial charge in [0, 0.05) is 34.2 Å². The minimum Gasteiger partial charge on any atom is -0.380 e. The van der Waals surface area contributed by atoms with E-state index >= 15 is 0 Å². The maximum absolute atomic E-state index is 6.03. The van der Waals surface area contributed by atoms with E-state index in [0.29, 0.717) is 0 Å². The smallest absolute Gasteiger partial charge is 0.163 e. The Bertz CT molecular complexity index is 731. The second-order valence-electron chi connectivity index (χ2n) is 4.53. The number of halogens is 2. The van der Waals surface area contributed by atoms with Crippen LogP contribution in [0, 0.1) is 0 Å². The third-order valence-corrected chi connectivity index (χ3v) is 5.49. The van der Waals surface area contributed by atoms with Gasteiger partial charge in [0.1, 0.15) is 10.7 Å². The van der Waals surface area contributed by atoms with Crippen LogP contribution in [0.2, 0.25) is 4.34 Å². The van der Waals surface area contributed by atoms with Gasteiger partial charge in [0.25, 0.3) is 0 Å². The lowest BCUT2D eigenvalue weighted by molar-refractivity contribution is 0.920. The van der Waals surface area contributed by atoms with E-state index in [4.69, 9.17) is 11.6 Å². The second kappa shape index (κ2) is 6.17. The van der Waals surface area contributed by atoms with Crippen molar-refractivity contribution in [2.24, 2.45) is 7.05 Å². The summed E-state index contributed by atoms with van der Waals surface area (Å²) in [6.07, 6.45) is 1.69. The minimum atomic E-state index is 0.749. The van der Waals surface area contributed by atoms with E-state index in [-0.39, 0.29) is 0 Å². The molecule has 0 bridgehead atoms. The van der Waals surface area contributed by atoms with Gasteiger partial charge < -0.3 is 9.88 Å². The molecule has 1 N–H and O–H groups in total. The number of nitrogens with zero attached hydrogens (tertiary/aromatic N) is 3. The van der Waals surface area contributed by atoms with Crippen LogP contribution in [0.15, 0.2) is 41.1 Å². The van der Waals surface area contributed by atoms with Crippen LogP contribution in [-0.4, -0.2) is 14.8 Å². The highest BCUT2D eigenvalue weighted by Crippen LogP contribution is 2.32. The fraction of sp³-hybridized carbons (Fsp3) is 0.143. The predicted octanol–water partition coefficient (Wildman–Crippen LogP) is 4.57. The van der Waals surface area contributed by atoms with Crippen LogP contribution in [0.3, 0.4) is 0 Å². The lowest BCUT2D eigenvalue weighted by Gasteiger charge is -2.06. The molecular formula is C14H12BrClN4S. The summed E-state index contributed by atoms with van der Waals surface area (Å²) >= 11 is 11.0. The van der Waals surface area contributed by atoms with Crippen molar-refractivity contribution < 1.29 is 0 Å². The zero-order chi connectivity index (χ0) is 14.8. The average molecular weight is 384 g/mol. The number of benzene rings is 1. The van der Waals surface area contributed by atoms with Gasteiger partial charge in [-0.2, -0.15) is 0 Å². The molecule has 2 aromatic heterocycles. The Hall–Kier alpha value is -1.37. The van der Waals surface area contributed by atoms with E-state index in [1.165, 1.54) is 4.88 Å². The Morgan fingerprint density at radius 2 is 2.10 bits per heavy atom. The van der Waals surface area contributed by atoms with Crippen molar-refractivity contribution in [2.45, 2.75) is 6.54 Å². The molecule has 7 heteroatoms. The summed E-state index contributed by atoms with van der Waals surface area (Å²) < 4.78 is 3.63. The predicted molar refractivity (Wildman–Crippen MR) is 90.8 cm³/mol. The molecule has 3 aromatic rings. The first kappa shape index (κ1) is 14.6. The highest BCUT2D eigenvalue weighted by Gasteiger charge is 2.06. The normalized spacial score (nSPS) is 10.8. The summed E-state index contributed by atoms with van der Waals surface area (Å²) in [5.41, 5.74) is 2.10. The van der Waals surface area contributed by atoms with Crippen molar-refractivity contribution in [2.75, 3.05) is 5.32 Å². The number of anilines is 1. The molecule has 3 rings (SSSR count). The molecule has 4 nitrogen and oxygen atoms in total. The number of rotatable bonds is 4. The first-order valence-electron chi connectivity index (χ1n) is 6.25. The molecule has 0 unspecified atom stereocenters. The van der Waals surface area contributed by atoms with Crippen LogP contribution in [0.1, 0.15) is 4.88 Å². The molecule has 0 aliphatic rings. The first-order chi connectivity index (χ1) is 10.1. The van der Waals surface area contributed by atoms with Gasteiger partial charge in [-0.3, -0.25) is 0 Å². The van der Waals surface area contributed by atoms with Crippen molar-refractivity contribution in [3.63, 3.8) is 0 Å². The molecule has 21 heavy (non-hydrogen) atoms. The largest absolute Gasteiger partial charge is 0.380 e. The van der Waals surface area contributed by atoms with Gasteiger partial charge >= 0.3 is 0 Å². The van der Waals surface area contributed by atoms with Gasteiger partial charge in [-0.25, -0.2) is 0 Å². The van der Waals surface area contributed by atoms with Crippen molar-refractivity contribution in [1.29, 1.82) is 0 Å². The quantitative estimate of drug-likeness (QED) is 0.717.